The van der Waals surface area contributed by atoms with Gasteiger partial charge in [0.15, 0.2) is 6.61 Å². The minimum Gasteiger partial charge on any atom is -0.488 e. The van der Waals surface area contributed by atoms with Gasteiger partial charge in [-0.15, -0.1) is 0 Å². The zero-order valence-corrected chi connectivity index (χ0v) is 18.0. The van der Waals surface area contributed by atoms with Crippen LogP contribution in [0.3, 0.4) is 0 Å². The highest BCUT2D eigenvalue weighted by Gasteiger charge is 2.16. The molecule has 0 radical (unpaired) electrons. The van der Waals surface area contributed by atoms with Crippen molar-refractivity contribution in [3.63, 3.8) is 0 Å². The molecule has 32 heavy (non-hydrogen) atoms. The highest BCUT2D eigenvalue weighted by Crippen LogP contribution is 2.23. The van der Waals surface area contributed by atoms with E-state index in [0.717, 1.165) is 5.56 Å². The molecule has 0 unspecified atom stereocenters. The van der Waals surface area contributed by atoms with Crippen LogP contribution in [-0.2, 0) is 20.9 Å². The van der Waals surface area contributed by atoms with Crippen LogP contribution in [0.25, 0.3) is 0 Å². The molecule has 0 aliphatic carbocycles. The van der Waals surface area contributed by atoms with E-state index in [4.69, 9.17) is 21.1 Å². The number of amides is 2. The van der Waals surface area contributed by atoms with E-state index >= 15 is 0 Å². The molecule has 0 heterocycles. The minimum absolute atomic E-state index is 0.179. The summed E-state index contributed by atoms with van der Waals surface area (Å²) in [5.74, 6) is -1.05. The van der Waals surface area contributed by atoms with E-state index in [1.165, 1.54) is 6.92 Å². The molecular formula is C24H21ClN2O5. The predicted molar refractivity (Wildman–Crippen MR) is 122 cm³/mol. The average Bonchev–Trinajstić information content (AvgIpc) is 2.78. The number of hydrogen-bond acceptors (Lipinski definition) is 5. The van der Waals surface area contributed by atoms with Gasteiger partial charge in [0, 0.05) is 28.9 Å². The van der Waals surface area contributed by atoms with Crippen LogP contribution in [0.1, 0.15) is 22.8 Å². The van der Waals surface area contributed by atoms with Crippen LogP contribution in [0.2, 0.25) is 5.02 Å². The second kappa shape index (κ2) is 11.0. The zero-order valence-electron chi connectivity index (χ0n) is 17.3. The number of carbonyl (C=O) groups is 3. The third-order valence-corrected chi connectivity index (χ3v) is 4.64. The first-order valence-electron chi connectivity index (χ1n) is 9.72. The molecule has 3 aromatic rings. The fraction of sp³-hybridized carbons (Fsp3) is 0.125. The van der Waals surface area contributed by atoms with Gasteiger partial charge in [-0.3, -0.25) is 9.59 Å². The van der Waals surface area contributed by atoms with E-state index in [0.29, 0.717) is 22.1 Å². The zero-order chi connectivity index (χ0) is 22.9. The summed E-state index contributed by atoms with van der Waals surface area (Å²) >= 11 is 6.14. The van der Waals surface area contributed by atoms with Crippen LogP contribution in [0.5, 0.6) is 5.75 Å². The number of benzene rings is 3. The van der Waals surface area contributed by atoms with Crippen molar-refractivity contribution in [3.8, 4) is 5.75 Å². The second-order valence-corrected chi connectivity index (χ2v) is 7.17. The third kappa shape index (κ3) is 6.58. The van der Waals surface area contributed by atoms with E-state index in [1.54, 1.807) is 54.6 Å². The Bertz CT molecular complexity index is 1120. The summed E-state index contributed by atoms with van der Waals surface area (Å²) in [6.07, 6.45) is 0. The number of halogens is 1. The number of rotatable bonds is 8. The lowest BCUT2D eigenvalue weighted by molar-refractivity contribution is -0.119. The lowest BCUT2D eigenvalue weighted by Gasteiger charge is -2.12. The molecule has 0 saturated carbocycles. The van der Waals surface area contributed by atoms with Crippen molar-refractivity contribution < 1.29 is 23.9 Å². The number of ether oxygens (including phenoxy) is 2. The van der Waals surface area contributed by atoms with Crippen LogP contribution in [0.15, 0.2) is 72.8 Å². The summed E-state index contributed by atoms with van der Waals surface area (Å²) in [6.45, 7) is 1.12. The first-order valence-corrected chi connectivity index (χ1v) is 10.1. The first kappa shape index (κ1) is 22.8. The Morgan fingerprint density at radius 2 is 1.47 bits per heavy atom. The molecule has 3 rings (SSSR count). The van der Waals surface area contributed by atoms with Gasteiger partial charge >= 0.3 is 5.97 Å². The Kier molecular flexibility index (Phi) is 7.83. The summed E-state index contributed by atoms with van der Waals surface area (Å²) in [6, 6.07) is 20.4. The van der Waals surface area contributed by atoms with Gasteiger partial charge in [0.25, 0.3) is 5.91 Å². The number of para-hydroxylation sites is 1. The summed E-state index contributed by atoms with van der Waals surface area (Å²) < 4.78 is 10.9. The van der Waals surface area contributed by atoms with Crippen molar-refractivity contribution in [1.82, 2.24) is 0 Å². The van der Waals surface area contributed by atoms with Crippen molar-refractivity contribution in [1.29, 1.82) is 0 Å². The topological polar surface area (TPSA) is 93.7 Å². The quantitative estimate of drug-likeness (QED) is 0.484. The Labute approximate surface area is 190 Å². The lowest BCUT2D eigenvalue weighted by atomic mass is 10.2. The largest absolute Gasteiger partial charge is 0.488 e. The molecule has 0 aromatic heterocycles. The minimum atomic E-state index is -0.684. The van der Waals surface area contributed by atoms with Crippen LogP contribution < -0.4 is 15.4 Å². The highest BCUT2D eigenvalue weighted by molar-refractivity contribution is 6.31. The summed E-state index contributed by atoms with van der Waals surface area (Å²) in [5.41, 5.74) is 2.09. The van der Waals surface area contributed by atoms with Gasteiger partial charge in [-0.2, -0.15) is 0 Å². The lowest BCUT2D eigenvalue weighted by Crippen LogP contribution is -2.21. The molecule has 0 aliphatic heterocycles. The first-order chi connectivity index (χ1) is 15.4. The van der Waals surface area contributed by atoms with Crippen molar-refractivity contribution in [3.05, 3.63) is 88.9 Å². The SMILES string of the molecule is CC(=O)Nc1ccc(NC(=O)COC(=O)c2ccccc2OCc2ccccc2Cl)cc1. The molecule has 0 saturated heterocycles. The van der Waals surface area contributed by atoms with Crippen molar-refractivity contribution >= 4 is 40.8 Å². The predicted octanol–water partition coefficient (Wildman–Crippen LogP) is 4.67. The smallest absolute Gasteiger partial charge is 0.342 e. The number of carbonyl (C=O) groups excluding carboxylic acids is 3. The molecule has 3 aromatic carbocycles. The second-order valence-electron chi connectivity index (χ2n) is 6.76. The fourth-order valence-electron chi connectivity index (χ4n) is 2.78. The molecular weight excluding hydrogens is 432 g/mol. The van der Waals surface area contributed by atoms with E-state index in [2.05, 4.69) is 10.6 Å². The number of nitrogens with one attached hydrogen (secondary N) is 2. The summed E-state index contributed by atoms with van der Waals surface area (Å²) in [7, 11) is 0. The van der Waals surface area contributed by atoms with Crippen LogP contribution in [-0.4, -0.2) is 24.4 Å². The number of anilines is 2. The van der Waals surface area contributed by atoms with Crippen LogP contribution in [0.4, 0.5) is 11.4 Å². The Morgan fingerprint density at radius 3 is 2.16 bits per heavy atom. The van der Waals surface area contributed by atoms with Crippen molar-refractivity contribution in [2.75, 3.05) is 17.2 Å². The molecule has 0 bridgehead atoms. The standard InChI is InChI=1S/C24H21ClN2O5/c1-16(28)26-18-10-12-19(13-11-18)27-23(29)15-32-24(30)20-7-3-5-9-22(20)31-14-17-6-2-4-8-21(17)25/h2-13H,14-15H2,1H3,(H,26,28)(H,27,29). The maximum Gasteiger partial charge on any atom is 0.342 e. The van der Waals surface area contributed by atoms with Gasteiger partial charge in [-0.05, 0) is 42.5 Å². The Morgan fingerprint density at radius 1 is 0.844 bits per heavy atom. The molecule has 0 aliphatic rings. The summed E-state index contributed by atoms with van der Waals surface area (Å²) in [5, 5.41) is 5.82. The maximum atomic E-state index is 12.5. The molecule has 2 N–H and O–H groups in total. The van der Waals surface area contributed by atoms with E-state index < -0.39 is 18.5 Å². The van der Waals surface area contributed by atoms with Gasteiger partial charge in [-0.1, -0.05) is 41.9 Å². The van der Waals surface area contributed by atoms with Gasteiger partial charge in [-0.25, -0.2) is 4.79 Å². The normalized spacial score (nSPS) is 10.2. The Hall–Kier alpha value is -3.84. The van der Waals surface area contributed by atoms with E-state index in [1.807, 2.05) is 18.2 Å². The fourth-order valence-corrected chi connectivity index (χ4v) is 2.97. The average molecular weight is 453 g/mol. The van der Waals surface area contributed by atoms with Crippen LogP contribution >= 0.6 is 11.6 Å². The monoisotopic (exact) mass is 452 g/mol. The van der Waals surface area contributed by atoms with Gasteiger partial charge < -0.3 is 20.1 Å². The van der Waals surface area contributed by atoms with E-state index in [9.17, 15) is 14.4 Å². The molecule has 0 atom stereocenters. The third-order valence-electron chi connectivity index (χ3n) is 4.27. The van der Waals surface area contributed by atoms with Crippen LogP contribution in [0, 0.1) is 0 Å². The van der Waals surface area contributed by atoms with Gasteiger partial charge in [0.1, 0.15) is 17.9 Å². The molecule has 8 heteroatoms. The molecule has 164 valence electrons. The molecule has 0 spiro atoms. The molecule has 0 fully saturated rings. The van der Waals surface area contributed by atoms with Gasteiger partial charge in [0.2, 0.25) is 5.91 Å². The molecule has 2 amide bonds. The Balaban J connectivity index is 1.55. The van der Waals surface area contributed by atoms with Crippen molar-refractivity contribution in [2.45, 2.75) is 13.5 Å². The summed E-state index contributed by atoms with van der Waals surface area (Å²) in [4.78, 5) is 35.7. The van der Waals surface area contributed by atoms with Crippen molar-refractivity contribution in [2.24, 2.45) is 0 Å². The maximum absolute atomic E-state index is 12.5. The number of hydrogen-bond donors (Lipinski definition) is 2. The highest BCUT2D eigenvalue weighted by atomic mass is 35.5. The number of esters is 1. The molecule has 7 nitrogen and oxygen atoms in total. The van der Waals surface area contributed by atoms with Gasteiger partial charge in [0.05, 0.1) is 0 Å². The van der Waals surface area contributed by atoms with E-state index in [-0.39, 0.29) is 18.1 Å².